The number of carbonyl (C=O) groups is 1. The van der Waals surface area contributed by atoms with E-state index in [1.165, 1.54) is 0 Å². The van der Waals surface area contributed by atoms with Crippen molar-refractivity contribution in [1.29, 1.82) is 0 Å². The summed E-state index contributed by atoms with van der Waals surface area (Å²) >= 11 is 5.84. The average Bonchev–Trinajstić information content (AvgIpc) is 2.68. The second kappa shape index (κ2) is 5.17. The van der Waals surface area contributed by atoms with Crippen molar-refractivity contribution in [2.45, 2.75) is 26.8 Å². The minimum absolute atomic E-state index is 0.0795. The fraction of sp³-hybridized carbons (Fsp3) is 0.462. The lowest BCUT2D eigenvalue weighted by Crippen LogP contribution is -2.40. The van der Waals surface area contributed by atoms with E-state index in [4.69, 9.17) is 11.6 Å². The topological polar surface area (TPSA) is 58.8 Å². The molecule has 5 nitrogen and oxygen atoms in total. The highest BCUT2D eigenvalue weighted by molar-refractivity contribution is 6.65. The molecule has 0 saturated heterocycles. The Hall–Kier alpha value is -1.62. The van der Waals surface area contributed by atoms with Crippen LogP contribution in [-0.4, -0.2) is 29.0 Å². The van der Waals surface area contributed by atoms with Crippen molar-refractivity contribution in [3.05, 3.63) is 17.3 Å². The normalized spacial score (nSPS) is 19.3. The third-order valence-corrected chi connectivity index (χ3v) is 3.53. The van der Waals surface area contributed by atoms with E-state index in [1.54, 1.807) is 0 Å². The van der Waals surface area contributed by atoms with Crippen LogP contribution in [0.5, 0.6) is 0 Å². The molecule has 1 N–H and O–H groups in total. The first-order chi connectivity index (χ1) is 8.95. The van der Waals surface area contributed by atoms with E-state index in [0.717, 1.165) is 5.56 Å². The summed E-state index contributed by atoms with van der Waals surface area (Å²) in [6.07, 6.45) is 0. The van der Waals surface area contributed by atoms with Crippen LogP contribution in [0, 0.1) is 12.8 Å². The first kappa shape index (κ1) is 13.8. The van der Waals surface area contributed by atoms with Gasteiger partial charge in [-0.15, -0.1) is 0 Å². The lowest BCUT2D eigenvalue weighted by Gasteiger charge is -2.30. The number of nitrogens with one attached hydrogen (secondary N) is 1. The van der Waals surface area contributed by atoms with Gasteiger partial charge in [0.25, 0.3) is 5.91 Å². The molecular formula is C13H17ClN4O. The monoisotopic (exact) mass is 280 g/mol. The molecular weight excluding hydrogens is 264 g/mol. The maximum absolute atomic E-state index is 11.9. The third-order valence-electron chi connectivity index (χ3n) is 3.33. The summed E-state index contributed by atoms with van der Waals surface area (Å²) in [5.74, 6) is 0.973. The molecule has 1 amide bonds. The molecule has 0 radical (unpaired) electrons. The van der Waals surface area contributed by atoms with Crippen molar-refractivity contribution in [2.24, 2.45) is 15.9 Å². The van der Waals surface area contributed by atoms with Crippen molar-refractivity contribution in [3.8, 4) is 0 Å². The Kier molecular flexibility index (Phi) is 3.75. The second-order valence-corrected chi connectivity index (χ2v) is 5.30. The summed E-state index contributed by atoms with van der Waals surface area (Å²) in [4.78, 5) is 19.8. The smallest absolute Gasteiger partial charge is 0.268 e. The lowest BCUT2D eigenvalue weighted by molar-refractivity contribution is 0.0906. The molecule has 1 unspecified atom stereocenters. The van der Waals surface area contributed by atoms with Gasteiger partial charge in [0.15, 0.2) is 0 Å². The van der Waals surface area contributed by atoms with Crippen molar-refractivity contribution >= 4 is 35.3 Å². The minimum atomic E-state index is -0.0795. The molecule has 102 valence electrons. The highest BCUT2D eigenvalue weighted by Crippen LogP contribution is 2.33. The maximum Gasteiger partial charge on any atom is 0.268 e. The third kappa shape index (κ3) is 2.42. The highest BCUT2D eigenvalue weighted by atomic mass is 35.5. The van der Waals surface area contributed by atoms with Crippen molar-refractivity contribution in [1.82, 2.24) is 9.88 Å². The number of aromatic nitrogens is 1. The van der Waals surface area contributed by atoms with Crippen LogP contribution in [0.2, 0.25) is 0 Å². The zero-order valence-electron chi connectivity index (χ0n) is 11.3. The molecule has 1 atom stereocenters. The van der Waals surface area contributed by atoms with Gasteiger partial charge in [0.1, 0.15) is 11.5 Å². The standard InChI is InChI=1S/C13H17ClN4O/c1-7(2)10-6-16-12(19)9-5-8(3)11(18(9)10)17-13(14)15-4/h5,7,10H,4,6H2,1-3H3,(H,16,19). The van der Waals surface area contributed by atoms with E-state index in [2.05, 4.69) is 35.9 Å². The number of carbonyl (C=O) groups excluding carboxylic acids is 1. The molecule has 6 heteroatoms. The van der Waals surface area contributed by atoms with Gasteiger partial charge in [-0.2, -0.15) is 0 Å². The number of aryl methyl sites for hydroxylation is 1. The first-order valence-electron chi connectivity index (χ1n) is 6.16. The Morgan fingerprint density at radius 3 is 2.89 bits per heavy atom. The summed E-state index contributed by atoms with van der Waals surface area (Å²) in [5.41, 5.74) is 1.52. The zero-order valence-corrected chi connectivity index (χ0v) is 12.0. The number of amides is 1. The maximum atomic E-state index is 11.9. The molecule has 1 aliphatic rings. The van der Waals surface area contributed by atoms with Crippen LogP contribution in [-0.2, 0) is 0 Å². The predicted octanol–water partition coefficient (Wildman–Crippen LogP) is 2.66. The van der Waals surface area contributed by atoms with Gasteiger partial charge in [0, 0.05) is 6.54 Å². The predicted molar refractivity (Wildman–Crippen MR) is 77.9 cm³/mol. The average molecular weight is 281 g/mol. The van der Waals surface area contributed by atoms with Crippen molar-refractivity contribution in [3.63, 3.8) is 0 Å². The molecule has 1 aromatic heterocycles. The number of nitrogens with zero attached hydrogens (tertiary/aromatic N) is 3. The Morgan fingerprint density at radius 1 is 1.63 bits per heavy atom. The molecule has 0 aromatic carbocycles. The molecule has 1 aromatic rings. The van der Waals surface area contributed by atoms with Crippen LogP contribution in [0.4, 0.5) is 5.82 Å². The largest absolute Gasteiger partial charge is 0.349 e. The fourth-order valence-electron chi connectivity index (χ4n) is 2.33. The number of amidine groups is 1. The van der Waals surface area contributed by atoms with Gasteiger partial charge in [-0.05, 0) is 42.8 Å². The highest BCUT2D eigenvalue weighted by Gasteiger charge is 2.30. The summed E-state index contributed by atoms with van der Waals surface area (Å²) in [6, 6.07) is 1.99. The fourth-order valence-corrected chi connectivity index (χ4v) is 2.41. The van der Waals surface area contributed by atoms with E-state index in [9.17, 15) is 4.79 Å². The van der Waals surface area contributed by atoms with Crippen LogP contribution >= 0.6 is 11.6 Å². The van der Waals surface area contributed by atoms with Crippen LogP contribution in [0.3, 0.4) is 0 Å². The first-order valence-corrected chi connectivity index (χ1v) is 6.54. The molecule has 1 aliphatic heterocycles. The zero-order chi connectivity index (χ0) is 14.2. The van der Waals surface area contributed by atoms with Crippen LogP contribution in [0.25, 0.3) is 0 Å². The molecule has 2 rings (SSSR count). The molecule has 0 spiro atoms. The molecule has 19 heavy (non-hydrogen) atoms. The SMILES string of the molecule is C=NC(Cl)=Nc1c(C)cc2n1C(C(C)C)CNC2=O. The van der Waals surface area contributed by atoms with Gasteiger partial charge >= 0.3 is 0 Å². The van der Waals surface area contributed by atoms with Gasteiger partial charge < -0.3 is 9.88 Å². The summed E-state index contributed by atoms with van der Waals surface area (Å²) in [7, 11) is 0. The molecule has 0 saturated carbocycles. The van der Waals surface area contributed by atoms with Crippen LogP contribution < -0.4 is 5.32 Å². The number of halogens is 1. The molecule has 0 fully saturated rings. The molecule has 0 bridgehead atoms. The van der Waals surface area contributed by atoms with E-state index in [-0.39, 0.29) is 17.2 Å². The lowest BCUT2D eigenvalue weighted by atomic mass is 10.0. The van der Waals surface area contributed by atoms with Crippen LogP contribution in [0.1, 0.15) is 35.9 Å². The number of rotatable bonds is 2. The number of aliphatic imine (C=N–C) groups is 2. The molecule has 0 aliphatic carbocycles. The Morgan fingerprint density at radius 2 is 2.32 bits per heavy atom. The number of fused-ring (bicyclic) bond motifs is 1. The summed E-state index contributed by atoms with van der Waals surface area (Å²) < 4.78 is 1.95. The summed E-state index contributed by atoms with van der Waals surface area (Å²) in [5, 5.41) is 2.98. The quantitative estimate of drug-likeness (QED) is 0.505. The Bertz CT molecular complexity index is 559. The van der Waals surface area contributed by atoms with Gasteiger partial charge in [-0.1, -0.05) is 13.8 Å². The summed E-state index contributed by atoms with van der Waals surface area (Å²) in [6.45, 7) is 10.1. The van der Waals surface area contributed by atoms with Gasteiger partial charge in [0.2, 0.25) is 5.29 Å². The van der Waals surface area contributed by atoms with Crippen molar-refractivity contribution in [2.75, 3.05) is 6.54 Å². The molecule has 2 heterocycles. The van der Waals surface area contributed by atoms with E-state index in [1.807, 2.05) is 17.6 Å². The minimum Gasteiger partial charge on any atom is -0.349 e. The second-order valence-electron chi connectivity index (χ2n) is 4.97. The Balaban J connectivity index is 2.63. The van der Waals surface area contributed by atoms with Gasteiger partial charge in [-0.25, -0.2) is 9.98 Å². The van der Waals surface area contributed by atoms with E-state index >= 15 is 0 Å². The van der Waals surface area contributed by atoms with E-state index < -0.39 is 0 Å². The number of hydrogen-bond donors (Lipinski definition) is 1. The van der Waals surface area contributed by atoms with Gasteiger partial charge in [0.05, 0.1) is 6.04 Å². The van der Waals surface area contributed by atoms with E-state index in [0.29, 0.717) is 24.0 Å². The van der Waals surface area contributed by atoms with Gasteiger partial charge in [-0.3, -0.25) is 4.79 Å². The Labute approximate surface area is 117 Å². The number of hydrogen-bond acceptors (Lipinski definition) is 2. The van der Waals surface area contributed by atoms with Crippen molar-refractivity contribution < 1.29 is 4.79 Å². The van der Waals surface area contributed by atoms with Crippen LogP contribution in [0.15, 0.2) is 16.1 Å².